The summed E-state index contributed by atoms with van der Waals surface area (Å²) in [5.41, 5.74) is 1.51. The second-order valence-electron chi connectivity index (χ2n) is 4.44. The van der Waals surface area contributed by atoms with Crippen LogP contribution in [0.1, 0.15) is 5.56 Å². The Morgan fingerprint density at radius 3 is 2.67 bits per heavy atom. The van der Waals surface area contributed by atoms with Crippen LogP contribution >= 0.6 is 34.5 Å². The maximum absolute atomic E-state index is 11.9. The quantitative estimate of drug-likeness (QED) is 0.713. The summed E-state index contributed by atoms with van der Waals surface area (Å²) in [7, 11) is 0. The molecule has 0 spiro atoms. The van der Waals surface area contributed by atoms with Gasteiger partial charge in [0.1, 0.15) is 5.69 Å². The third-order valence-electron chi connectivity index (χ3n) is 2.96. The molecule has 2 heterocycles. The minimum absolute atomic E-state index is 0.152. The number of nitrogens with zero attached hydrogens (tertiary/aromatic N) is 2. The first-order chi connectivity index (χ1) is 10.1. The summed E-state index contributed by atoms with van der Waals surface area (Å²) in [5, 5.41) is 7.34. The Balaban J connectivity index is 1.96. The van der Waals surface area contributed by atoms with E-state index >= 15 is 0 Å². The topological polar surface area (TPSA) is 34.9 Å². The molecule has 0 saturated heterocycles. The highest BCUT2D eigenvalue weighted by Crippen LogP contribution is 2.23. The van der Waals surface area contributed by atoms with E-state index in [1.54, 1.807) is 29.5 Å². The average molecular weight is 337 g/mol. The summed E-state index contributed by atoms with van der Waals surface area (Å²) in [6.07, 6.45) is 0. The Morgan fingerprint density at radius 1 is 1.10 bits per heavy atom. The van der Waals surface area contributed by atoms with Crippen molar-refractivity contribution in [2.45, 2.75) is 6.54 Å². The van der Waals surface area contributed by atoms with Crippen molar-refractivity contribution in [2.24, 2.45) is 0 Å². The number of hydrogen-bond donors (Lipinski definition) is 0. The van der Waals surface area contributed by atoms with Gasteiger partial charge in [-0.05, 0) is 35.2 Å². The Labute approximate surface area is 135 Å². The zero-order valence-electron chi connectivity index (χ0n) is 10.8. The zero-order valence-corrected chi connectivity index (χ0v) is 13.1. The lowest BCUT2D eigenvalue weighted by Crippen LogP contribution is -2.22. The van der Waals surface area contributed by atoms with Gasteiger partial charge in [-0.15, -0.1) is 11.3 Å². The van der Waals surface area contributed by atoms with E-state index in [2.05, 4.69) is 5.10 Å². The van der Waals surface area contributed by atoms with Gasteiger partial charge in [-0.1, -0.05) is 35.3 Å². The lowest BCUT2D eigenvalue weighted by Gasteiger charge is -2.07. The van der Waals surface area contributed by atoms with E-state index in [-0.39, 0.29) is 5.56 Å². The summed E-state index contributed by atoms with van der Waals surface area (Å²) >= 11 is 13.5. The molecule has 2 aromatic heterocycles. The van der Waals surface area contributed by atoms with Crippen LogP contribution in [0.25, 0.3) is 10.6 Å². The molecule has 0 saturated carbocycles. The van der Waals surface area contributed by atoms with E-state index < -0.39 is 0 Å². The highest BCUT2D eigenvalue weighted by Gasteiger charge is 2.06. The first-order valence-corrected chi connectivity index (χ1v) is 7.83. The summed E-state index contributed by atoms with van der Waals surface area (Å²) in [4.78, 5) is 13.0. The van der Waals surface area contributed by atoms with Gasteiger partial charge < -0.3 is 0 Å². The van der Waals surface area contributed by atoms with Crippen molar-refractivity contribution in [2.75, 3.05) is 0 Å². The molecule has 0 aliphatic heterocycles. The number of aromatic nitrogens is 2. The molecule has 3 nitrogen and oxygen atoms in total. The number of benzene rings is 1. The molecule has 0 bridgehead atoms. The first-order valence-electron chi connectivity index (χ1n) is 6.19. The molecule has 21 heavy (non-hydrogen) atoms. The average Bonchev–Trinajstić information content (AvgIpc) is 2.99. The fraction of sp³-hybridized carbons (Fsp3) is 0.0667. The van der Waals surface area contributed by atoms with Crippen molar-refractivity contribution in [1.82, 2.24) is 9.78 Å². The number of hydrogen-bond acceptors (Lipinski definition) is 3. The van der Waals surface area contributed by atoms with Gasteiger partial charge in [-0.2, -0.15) is 5.10 Å². The molecule has 0 unspecified atom stereocenters. The molecule has 3 rings (SSSR count). The van der Waals surface area contributed by atoms with Crippen LogP contribution in [0.3, 0.4) is 0 Å². The predicted molar refractivity (Wildman–Crippen MR) is 87.4 cm³/mol. The molecule has 0 atom stereocenters. The Hall–Kier alpha value is -1.62. The maximum atomic E-state index is 11.9. The summed E-state index contributed by atoms with van der Waals surface area (Å²) in [5.74, 6) is 0. The van der Waals surface area contributed by atoms with E-state index in [0.717, 1.165) is 16.1 Å². The lowest BCUT2D eigenvalue weighted by atomic mass is 10.2. The maximum Gasteiger partial charge on any atom is 0.267 e. The first kappa shape index (κ1) is 14.3. The van der Waals surface area contributed by atoms with E-state index in [9.17, 15) is 4.79 Å². The lowest BCUT2D eigenvalue weighted by molar-refractivity contribution is 0.643. The van der Waals surface area contributed by atoms with Gasteiger partial charge in [0.15, 0.2) is 0 Å². The normalized spacial score (nSPS) is 10.8. The second-order valence-corrected chi connectivity index (χ2v) is 6.20. The Bertz CT molecular complexity index is 828. The largest absolute Gasteiger partial charge is 0.268 e. The van der Waals surface area contributed by atoms with Crippen LogP contribution in [0.4, 0.5) is 0 Å². The van der Waals surface area contributed by atoms with Crippen LogP contribution in [0, 0.1) is 0 Å². The van der Waals surface area contributed by atoms with Gasteiger partial charge in [-0.3, -0.25) is 4.79 Å². The molecule has 3 aromatic rings. The predicted octanol–water partition coefficient (Wildman–Crippen LogP) is 4.33. The molecular weight excluding hydrogens is 327 g/mol. The van der Waals surface area contributed by atoms with Crippen molar-refractivity contribution in [3.8, 4) is 10.6 Å². The Morgan fingerprint density at radius 2 is 1.95 bits per heavy atom. The van der Waals surface area contributed by atoms with Crippen molar-refractivity contribution in [1.29, 1.82) is 0 Å². The van der Waals surface area contributed by atoms with Crippen LogP contribution in [-0.2, 0) is 6.54 Å². The van der Waals surface area contributed by atoms with Crippen LogP contribution in [0.15, 0.2) is 52.6 Å². The fourth-order valence-electron chi connectivity index (χ4n) is 1.93. The summed E-state index contributed by atoms with van der Waals surface area (Å²) in [6.45, 7) is 0.356. The highest BCUT2D eigenvalue weighted by molar-refractivity contribution is 7.13. The summed E-state index contributed by atoms with van der Waals surface area (Å²) < 4.78 is 1.43. The van der Waals surface area contributed by atoms with E-state index in [1.807, 2.05) is 23.6 Å². The van der Waals surface area contributed by atoms with Crippen molar-refractivity contribution in [3.63, 3.8) is 0 Å². The molecule has 0 N–H and O–H groups in total. The molecule has 0 aliphatic rings. The molecule has 6 heteroatoms. The van der Waals surface area contributed by atoms with Gasteiger partial charge in [-0.25, -0.2) is 4.68 Å². The molecule has 106 valence electrons. The summed E-state index contributed by atoms with van der Waals surface area (Å²) in [6, 6.07) is 12.5. The van der Waals surface area contributed by atoms with Gasteiger partial charge in [0.05, 0.1) is 21.5 Å². The third kappa shape index (κ3) is 3.18. The van der Waals surface area contributed by atoms with Crippen molar-refractivity contribution < 1.29 is 0 Å². The number of halogens is 2. The van der Waals surface area contributed by atoms with Gasteiger partial charge in [0, 0.05) is 6.07 Å². The standard InChI is InChI=1S/C15H10Cl2N2OS/c16-11-4-3-10(8-12(11)17)9-19-15(20)6-5-13(18-19)14-2-1-7-21-14/h1-8H,9H2. The van der Waals surface area contributed by atoms with Crippen LogP contribution in [-0.4, -0.2) is 9.78 Å². The molecule has 0 fully saturated rings. The highest BCUT2D eigenvalue weighted by atomic mass is 35.5. The van der Waals surface area contributed by atoms with Crippen molar-refractivity contribution in [3.05, 3.63) is 73.8 Å². The Kier molecular flexibility index (Phi) is 4.10. The third-order valence-corrected chi connectivity index (χ3v) is 4.59. The second kappa shape index (κ2) is 6.02. The van der Waals surface area contributed by atoms with Crippen molar-refractivity contribution >= 4 is 34.5 Å². The fourth-order valence-corrected chi connectivity index (χ4v) is 2.94. The molecule has 0 amide bonds. The molecule has 0 radical (unpaired) electrons. The van der Waals surface area contributed by atoms with Crippen LogP contribution in [0.2, 0.25) is 10.0 Å². The SMILES string of the molecule is O=c1ccc(-c2cccs2)nn1Cc1ccc(Cl)c(Cl)c1. The van der Waals surface area contributed by atoms with Crippen LogP contribution in [0.5, 0.6) is 0 Å². The molecule has 0 aliphatic carbocycles. The smallest absolute Gasteiger partial charge is 0.267 e. The van der Waals surface area contributed by atoms with Crippen LogP contribution < -0.4 is 5.56 Å². The number of rotatable bonds is 3. The van der Waals surface area contributed by atoms with E-state index in [0.29, 0.717) is 16.6 Å². The van der Waals surface area contributed by atoms with Gasteiger partial charge >= 0.3 is 0 Å². The van der Waals surface area contributed by atoms with E-state index in [4.69, 9.17) is 23.2 Å². The molecule has 1 aromatic carbocycles. The van der Waals surface area contributed by atoms with E-state index in [1.165, 1.54) is 10.7 Å². The minimum Gasteiger partial charge on any atom is -0.268 e. The monoisotopic (exact) mass is 336 g/mol. The molecular formula is C15H10Cl2N2OS. The zero-order chi connectivity index (χ0) is 14.8. The van der Waals surface area contributed by atoms with Gasteiger partial charge in [0.25, 0.3) is 5.56 Å². The van der Waals surface area contributed by atoms with Gasteiger partial charge in [0.2, 0.25) is 0 Å². The number of thiophene rings is 1. The minimum atomic E-state index is -0.152.